The Hall–Kier alpha value is -2.82. The highest BCUT2D eigenvalue weighted by molar-refractivity contribution is 6.04. The number of fused-ring (bicyclic) bond motifs is 2. The first-order valence-corrected chi connectivity index (χ1v) is 12.1. The number of ether oxygens (including phenoxy) is 1. The Bertz CT molecular complexity index is 1120. The maximum Gasteiger partial charge on any atom is 0.396 e. The number of nitrogens with zero attached hydrogens (tertiary/aromatic N) is 2. The number of alkyl halides is 3. The van der Waals surface area contributed by atoms with Gasteiger partial charge < -0.3 is 24.5 Å². The van der Waals surface area contributed by atoms with Crippen LogP contribution in [0, 0.1) is 30.0 Å². The average molecular weight is 512 g/mol. The zero-order valence-corrected chi connectivity index (χ0v) is 20.1. The van der Waals surface area contributed by atoms with Crippen LogP contribution < -0.4 is 15.0 Å². The number of hydrogen-bond donors (Lipinski definition) is 2. The molecule has 2 heterocycles. The third kappa shape index (κ3) is 5.02. The highest BCUT2D eigenvalue weighted by Gasteiger charge is 2.42. The lowest BCUT2D eigenvalue weighted by Crippen LogP contribution is -2.56. The molecule has 11 heteroatoms. The molecule has 36 heavy (non-hydrogen) atoms. The van der Waals surface area contributed by atoms with Crippen LogP contribution in [-0.4, -0.2) is 48.0 Å². The summed E-state index contributed by atoms with van der Waals surface area (Å²) in [6.45, 7) is 4.02. The molecule has 7 nitrogen and oxygen atoms in total. The topological polar surface area (TPSA) is 87.8 Å². The molecule has 1 saturated heterocycles. The Morgan fingerprint density at radius 3 is 2.50 bits per heavy atom. The molecule has 196 valence electrons. The minimum Gasteiger partial charge on any atom is -0.487 e. The number of benzene rings is 1. The van der Waals surface area contributed by atoms with E-state index < -0.39 is 41.2 Å². The predicted octanol–water partition coefficient (Wildman–Crippen LogP) is 4.87. The van der Waals surface area contributed by atoms with Crippen LogP contribution in [0.3, 0.4) is 0 Å². The van der Waals surface area contributed by atoms with E-state index in [9.17, 15) is 27.5 Å². The largest absolute Gasteiger partial charge is 0.487 e. The lowest BCUT2D eigenvalue weighted by molar-refractivity contribution is -0.130. The summed E-state index contributed by atoms with van der Waals surface area (Å²) < 4.78 is 65.6. The van der Waals surface area contributed by atoms with E-state index in [1.807, 2.05) is 6.92 Å². The summed E-state index contributed by atoms with van der Waals surface area (Å²) in [6.07, 6.45) is -1.91. The molecule has 1 aromatic heterocycles. The molecule has 3 aliphatic carbocycles. The number of nitrogens with one attached hydrogen (secondary N) is 1. The smallest absolute Gasteiger partial charge is 0.396 e. The normalized spacial score (nSPS) is 24.6. The molecule has 0 radical (unpaired) electrons. The average Bonchev–Trinajstić information content (AvgIpc) is 3.15. The molecule has 1 aliphatic heterocycles. The highest BCUT2D eigenvalue weighted by atomic mass is 19.4. The molecule has 4 aliphatic rings. The zero-order valence-electron chi connectivity index (χ0n) is 20.1. The van der Waals surface area contributed by atoms with Gasteiger partial charge >= 0.3 is 6.18 Å². The molecule has 1 aromatic carbocycles. The van der Waals surface area contributed by atoms with Gasteiger partial charge in [-0.1, -0.05) is 6.92 Å². The summed E-state index contributed by atoms with van der Waals surface area (Å²) in [5.41, 5.74) is -0.379. The van der Waals surface area contributed by atoms with Crippen molar-refractivity contribution in [3.63, 3.8) is 0 Å². The van der Waals surface area contributed by atoms with E-state index in [0.717, 1.165) is 18.9 Å². The Labute approximate surface area is 205 Å². The van der Waals surface area contributed by atoms with Gasteiger partial charge in [0.2, 0.25) is 0 Å². The molecule has 6 rings (SSSR count). The zero-order chi connectivity index (χ0) is 25.8. The number of rotatable bonds is 7. The van der Waals surface area contributed by atoms with Crippen LogP contribution in [0.15, 0.2) is 16.5 Å². The fourth-order valence-corrected chi connectivity index (χ4v) is 5.57. The van der Waals surface area contributed by atoms with E-state index in [0.29, 0.717) is 30.5 Å². The van der Waals surface area contributed by atoms with Gasteiger partial charge in [-0.3, -0.25) is 4.79 Å². The number of carbonyl (C=O) groups is 1. The molecule has 1 amide bonds. The van der Waals surface area contributed by atoms with Gasteiger partial charge in [0.1, 0.15) is 12.2 Å². The lowest BCUT2D eigenvalue weighted by Gasteiger charge is -2.45. The van der Waals surface area contributed by atoms with Crippen LogP contribution in [0.4, 0.5) is 29.3 Å². The summed E-state index contributed by atoms with van der Waals surface area (Å²) >= 11 is 0. The fourth-order valence-electron chi connectivity index (χ4n) is 5.57. The third-order valence-electron chi connectivity index (χ3n) is 7.36. The highest BCUT2D eigenvalue weighted by Crippen LogP contribution is 2.47. The first-order valence-electron chi connectivity index (χ1n) is 12.1. The second-order valence-corrected chi connectivity index (χ2v) is 10.9. The maximum absolute atomic E-state index is 14.9. The minimum absolute atomic E-state index is 0.0381. The van der Waals surface area contributed by atoms with E-state index in [4.69, 9.17) is 9.15 Å². The number of aliphatic hydroxyl groups is 1. The van der Waals surface area contributed by atoms with E-state index in [1.165, 1.54) is 18.9 Å². The van der Waals surface area contributed by atoms with Crippen LogP contribution in [0.1, 0.15) is 54.4 Å². The molecule has 2 N–H and O–H groups in total. The van der Waals surface area contributed by atoms with E-state index >= 15 is 0 Å². The number of aromatic nitrogens is 1. The number of anilines is 2. The third-order valence-corrected chi connectivity index (χ3v) is 7.36. The van der Waals surface area contributed by atoms with Crippen molar-refractivity contribution in [1.82, 2.24) is 4.98 Å². The van der Waals surface area contributed by atoms with Crippen molar-refractivity contribution in [1.29, 1.82) is 0 Å². The molecule has 0 unspecified atom stereocenters. The Morgan fingerprint density at radius 2 is 1.92 bits per heavy atom. The van der Waals surface area contributed by atoms with E-state index in [1.54, 1.807) is 11.8 Å². The summed E-state index contributed by atoms with van der Waals surface area (Å²) in [7, 11) is 0. The van der Waals surface area contributed by atoms with Gasteiger partial charge in [0.25, 0.3) is 11.9 Å². The number of amides is 1. The molecule has 2 aromatic rings. The van der Waals surface area contributed by atoms with Gasteiger partial charge in [-0.05, 0) is 56.1 Å². The van der Waals surface area contributed by atoms with Gasteiger partial charge in [-0.2, -0.15) is 18.2 Å². The van der Waals surface area contributed by atoms with Crippen LogP contribution in [0.2, 0.25) is 0 Å². The number of aliphatic hydroxyl groups excluding tert-OH is 1. The number of oxazole rings is 1. The number of carbonyl (C=O) groups excluding carboxylic acids is 1. The van der Waals surface area contributed by atoms with Crippen molar-refractivity contribution in [2.75, 3.05) is 29.9 Å². The maximum atomic E-state index is 14.9. The molecule has 4 fully saturated rings. The SMILES string of the molecule is Cc1cc(NC(=O)c2nc(N3CC(C)(CO)C3)oc2CC(F)(F)F)cc(F)c1OC1CC2CC(C2)C1. The van der Waals surface area contributed by atoms with Gasteiger partial charge in [0.05, 0.1) is 12.7 Å². The molecule has 0 spiro atoms. The number of hydrogen-bond acceptors (Lipinski definition) is 6. The van der Waals surface area contributed by atoms with Crippen molar-refractivity contribution in [3.05, 3.63) is 35.0 Å². The van der Waals surface area contributed by atoms with Crippen molar-refractivity contribution in [2.45, 2.75) is 58.2 Å². The summed E-state index contributed by atoms with van der Waals surface area (Å²) in [6, 6.07) is 2.49. The quantitative estimate of drug-likeness (QED) is 0.516. The molecule has 3 saturated carbocycles. The van der Waals surface area contributed by atoms with Crippen molar-refractivity contribution in [3.8, 4) is 5.75 Å². The second kappa shape index (κ2) is 8.93. The van der Waals surface area contributed by atoms with Crippen LogP contribution in [-0.2, 0) is 6.42 Å². The van der Waals surface area contributed by atoms with Gasteiger partial charge in [0.15, 0.2) is 17.3 Å². The Morgan fingerprint density at radius 1 is 1.25 bits per heavy atom. The molecular formula is C25H29F4N3O4. The minimum atomic E-state index is -4.62. The molecule has 0 atom stereocenters. The van der Waals surface area contributed by atoms with Crippen molar-refractivity contribution < 1.29 is 36.6 Å². The van der Waals surface area contributed by atoms with E-state index in [-0.39, 0.29) is 30.2 Å². The van der Waals surface area contributed by atoms with Gasteiger partial charge in [0, 0.05) is 30.3 Å². The van der Waals surface area contributed by atoms with Crippen LogP contribution in [0.25, 0.3) is 0 Å². The predicted molar refractivity (Wildman–Crippen MR) is 123 cm³/mol. The summed E-state index contributed by atoms with van der Waals surface area (Å²) in [5, 5.41) is 11.9. The monoisotopic (exact) mass is 511 g/mol. The Kier molecular flexibility index (Phi) is 6.17. The van der Waals surface area contributed by atoms with Crippen molar-refractivity contribution >= 4 is 17.6 Å². The second-order valence-electron chi connectivity index (χ2n) is 10.9. The van der Waals surface area contributed by atoms with Gasteiger partial charge in [-0.15, -0.1) is 0 Å². The number of halogens is 4. The Balaban J connectivity index is 1.32. The van der Waals surface area contributed by atoms with Crippen molar-refractivity contribution in [2.24, 2.45) is 17.3 Å². The first-order chi connectivity index (χ1) is 16.9. The molecular weight excluding hydrogens is 482 g/mol. The van der Waals surface area contributed by atoms with E-state index in [2.05, 4.69) is 10.3 Å². The van der Waals surface area contributed by atoms with Crippen LogP contribution in [0.5, 0.6) is 5.75 Å². The summed E-state index contributed by atoms with van der Waals surface area (Å²) in [5.74, 6) is -0.796. The molecule has 2 bridgehead atoms. The first kappa shape index (κ1) is 24.9. The number of aryl methyl sites for hydroxylation is 1. The van der Waals surface area contributed by atoms with Crippen LogP contribution >= 0.6 is 0 Å². The fraction of sp³-hybridized carbons (Fsp3) is 0.600. The summed E-state index contributed by atoms with van der Waals surface area (Å²) in [4.78, 5) is 18.5. The standard InChI is InChI=1S/C25H29F4N3O4/c1-13-3-16(8-18(26)21(13)35-17-6-14-4-15(5-14)7-17)30-22(34)20-19(9-25(27,28)29)36-23(31-20)32-10-24(2,11-32)12-33/h3,8,14-15,17,33H,4-7,9-12H2,1-2H3,(H,30,34). The van der Waals surface area contributed by atoms with Gasteiger partial charge in [-0.25, -0.2) is 4.39 Å². The lowest BCUT2D eigenvalue weighted by atomic mass is 9.64.